The van der Waals surface area contributed by atoms with E-state index in [9.17, 15) is 0 Å². The zero-order chi connectivity index (χ0) is 16.2. The lowest BCUT2D eigenvalue weighted by Crippen LogP contribution is -1.98. The predicted octanol–water partition coefficient (Wildman–Crippen LogP) is 4.89. The average Bonchev–Trinajstić information content (AvgIpc) is 3.05. The molecule has 4 aromatic rings. The van der Waals surface area contributed by atoms with Crippen LogP contribution >= 0.6 is 0 Å². The molecule has 0 atom stereocenters. The van der Waals surface area contributed by atoms with Crippen molar-refractivity contribution >= 4 is 22.4 Å². The van der Waals surface area contributed by atoms with Crippen molar-refractivity contribution in [1.82, 2.24) is 9.97 Å². The highest BCUT2D eigenvalue weighted by molar-refractivity contribution is 5.92. The van der Waals surface area contributed by atoms with Crippen LogP contribution in [0.4, 0.5) is 11.4 Å². The largest absolute Gasteiger partial charge is 0.487 e. The number of para-hydroxylation sites is 2. The summed E-state index contributed by atoms with van der Waals surface area (Å²) in [6.07, 6.45) is 3.70. The van der Waals surface area contributed by atoms with Crippen LogP contribution in [0.1, 0.15) is 5.56 Å². The minimum atomic E-state index is 0.537. The first-order chi connectivity index (χ1) is 11.9. The van der Waals surface area contributed by atoms with Gasteiger partial charge in [0.15, 0.2) is 0 Å². The van der Waals surface area contributed by atoms with Crippen LogP contribution in [0.15, 0.2) is 79.1 Å². The molecular weight excluding hydrogens is 298 g/mol. The average molecular weight is 315 g/mol. The van der Waals surface area contributed by atoms with Gasteiger partial charge in [0.2, 0.25) is 0 Å². The van der Waals surface area contributed by atoms with E-state index in [0.29, 0.717) is 6.61 Å². The molecule has 2 aromatic heterocycles. The molecule has 4 nitrogen and oxygen atoms in total. The first-order valence-electron chi connectivity index (χ1n) is 7.85. The Morgan fingerprint density at radius 2 is 1.71 bits per heavy atom. The van der Waals surface area contributed by atoms with Crippen molar-refractivity contribution in [2.24, 2.45) is 0 Å². The molecule has 0 bridgehead atoms. The van der Waals surface area contributed by atoms with Gasteiger partial charge < -0.3 is 15.0 Å². The molecule has 4 rings (SSSR count). The van der Waals surface area contributed by atoms with E-state index in [-0.39, 0.29) is 0 Å². The van der Waals surface area contributed by atoms with E-state index in [1.54, 1.807) is 6.20 Å². The first-order valence-corrected chi connectivity index (χ1v) is 7.85. The van der Waals surface area contributed by atoms with Gasteiger partial charge in [-0.2, -0.15) is 0 Å². The standard InChI is InChI=1S/C20H17N3O/c1-2-7-15(8-3-1)14-24-19-11-5-4-10-17(19)23-18-13-22-20-16(18)9-6-12-21-20/h1-13,23H,14H2,(H,21,22). The lowest BCUT2D eigenvalue weighted by Gasteiger charge is -2.13. The molecule has 118 valence electrons. The smallest absolute Gasteiger partial charge is 0.143 e. The number of fused-ring (bicyclic) bond motifs is 1. The molecule has 0 saturated heterocycles. The lowest BCUT2D eigenvalue weighted by atomic mass is 10.2. The Morgan fingerprint density at radius 1 is 0.875 bits per heavy atom. The van der Waals surface area contributed by atoms with Gasteiger partial charge in [0.1, 0.15) is 18.0 Å². The molecule has 0 fully saturated rings. The molecule has 2 N–H and O–H groups in total. The summed E-state index contributed by atoms with van der Waals surface area (Å²) in [7, 11) is 0. The highest BCUT2D eigenvalue weighted by Crippen LogP contribution is 2.31. The predicted molar refractivity (Wildman–Crippen MR) is 96.6 cm³/mol. The molecule has 2 heterocycles. The number of H-pyrrole nitrogens is 1. The van der Waals surface area contributed by atoms with Crippen LogP contribution < -0.4 is 10.1 Å². The number of aromatic nitrogens is 2. The third-order valence-electron chi connectivity index (χ3n) is 3.84. The van der Waals surface area contributed by atoms with Crippen molar-refractivity contribution in [3.63, 3.8) is 0 Å². The van der Waals surface area contributed by atoms with Gasteiger partial charge in [-0.3, -0.25) is 0 Å². The summed E-state index contributed by atoms with van der Waals surface area (Å²) in [6.45, 7) is 0.537. The number of anilines is 2. The molecule has 0 aliphatic heterocycles. The monoisotopic (exact) mass is 315 g/mol. The lowest BCUT2D eigenvalue weighted by molar-refractivity contribution is 0.308. The maximum Gasteiger partial charge on any atom is 0.143 e. The summed E-state index contributed by atoms with van der Waals surface area (Å²) < 4.78 is 6.00. The van der Waals surface area contributed by atoms with Gasteiger partial charge in [0.05, 0.1) is 11.4 Å². The Morgan fingerprint density at radius 3 is 2.62 bits per heavy atom. The maximum atomic E-state index is 6.00. The Hall–Kier alpha value is -3.27. The maximum absolute atomic E-state index is 6.00. The van der Waals surface area contributed by atoms with Gasteiger partial charge in [0.25, 0.3) is 0 Å². The van der Waals surface area contributed by atoms with E-state index in [1.807, 2.05) is 60.8 Å². The Kier molecular flexibility index (Phi) is 3.86. The molecule has 0 spiro atoms. The Bertz CT molecular complexity index is 947. The van der Waals surface area contributed by atoms with Crippen molar-refractivity contribution in [3.8, 4) is 5.75 Å². The number of pyridine rings is 1. The Labute approximate surface area is 140 Å². The number of nitrogens with one attached hydrogen (secondary N) is 2. The van der Waals surface area contributed by atoms with Crippen molar-refractivity contribution < 1.29 is 4.74 Å². The minimum Gasteiger partial charge on any atom is -0.487 e. The molecule has 0 unspecified atom stereocenters. The number of hydrogen-bond donors (Lipinski definition) is 2. The van der Waals surface area contributed by atoms with E-state index in [1.165, 1.54) is 0 Å². The van der Waals surface area contributed by atoms with Crippen molar-refractivity contribution in [2.45, 2.75) is 6.61 Å². The van der Waals surface area contributed by atoms with E-state index in [2.05, 4.69) is 27.4 Å². The van der Waals surface area contributed by atoms with Crippen molar-refractivity contribution in [1.29, 1.82) is 0 Å². The fourth-order valence-electron chi connectivity index (χ4n) is 2.64. The van der Waals surface area contributed by atoms with Gasteiger partial charge in [-0.1, -0.05) is 42.5 Å². The number of hydrogen-bond acceptors (Lipinski definition) is 3. The number of benzene rings is 2. The van der Waals surface area contributed by atoms with Gasteiger partial charge in [-0.05, 0) is 29.8 Å². The van der Waals surface area contributed by atoms with Crippen LogP contribution in [0.5, 0.6) is 5.75 Å². The van der Waals surface area contributed by atoms with E-state index < -0.39 is 0 Å². The highest BCUT2D eigenvalue weighted by atomic mass is 16.5. The number of ether oxygens (including phenoxy) is 1. The molecule has 0 amide bonds. The number of nitrogens with zero attached hydrogens (tertiary/aromatic N) is 1. The second-order valence-electron chi connectivity index (χ2n) is 5.50. The van der Waals surface area contributed by atoms with E-state index >= 15 is 0 Å². The summed E-state index contributed by atoms with van der Waals surface area (Å²) in [5.74, 6) is 0.819. The fraction of sp³-hybridized carbons (Fsp3) is 0.0500. The number of rotatable bonds is 5. The van der Waals surface area contributed by atoms with Gasteiger partial charge >= 0.3 is 0 Å². The van der Waals surface area contributed by atoms with Gasteiger partial charge in [-0.25, -0.2) is 4.98 Å². The third kappa shape index (κ3) is 2.94. The molecule has 0 aliphatic rings. The Balaban J connectivity index is 1.57. The van der Waals surface area contributed by atoms with Crippen molar-refractivity contribution in [3.05, 3.63) is 84.7 Å². The molecule has 0 radical (unpaired) electrons. The molecule has 24 heavy (non-hydrogen) atoms. The molecular formula is C20H17N3O. The zero-order valence-corrected chi connectivity index (χ0v) is 13.1. The summed E-state index contributed by atoms with van der Waals surface area (Å²) >= 11 is 0. The molecule has 0 aliphatic carbocycles. The first kappa shape index (κ1) is 14.3. The molecule has 2 aromatic carbocycles. The fourth-order valence-corrected chi connectivity index (χ4v) is 2.64. The topological polar surface area (TPSA) is 49.9 Å². The van der Waals surface area contributed by atoms with Crippen molar-refractivity contribution in [2.75, 3.05) is 5.32 Å². The summed E-state index contributed by atoms with van der Waals surface area (Å²) in [4.78, 5) is 7.49. The van der Waals surface area contributed by atoms with Crippen LogP contribution in [0.25, 0.3) is 11.0 Å². The van der Waals surface area contributed by atoms with Crippen LogP contribution in [-0.2, 0) is 6.61 Å². The van der Waals surface area contributed by atoms with E-state index in [4.69, 9.17) is 4.74 Å². The van der Waals surface area contributed by atoms with Crippen LogP contribution in [0, 0.1) is 0 Å². The SMILES string of the molecule is c1ccc(COc2ccccc2Nc2c[nH]c3ncccc23)cc1. The normalized spacial score (nSPS) is 10.7. The quantitative estimate of drug-likeness (QED) is 0.551. The van der Waals surface area contributed by atoms with Gasteiger partial charge in [0, 0.05) is 17.8 Å². The third-order valence-corrected chi connectivity index (χ3v) is 3.84. The number of aromatic amines is 1. The van der Waals surface area contributed by atoms with Crippen LogP contribution in [0.2, 0.25) is 0 Å². The van der Waals surface area contributed by atoms with Crippen LogP contribution in [0.3, 0.4) is 0 Å². The second-order valence-corrected chi connectivity index (χ2v) is 5.50. The van der Waals surface area contributed by atoms with E-state index in [0.717, 1.165) is 33.7 Å². The van der Waals surface area contributed by atoms with Crippen LogP contribution in [-0.4, -0.2) is 9.97 Å². The highest BCUT2D eigenvalue weighted by Gasteiger charge is 2.08. The summed E-state index contributed by atoms with van der Waals surface area (Å²) in [5, 5.41) is 4.49. The second kappa shape index (κ2) is 6.46. The molecule has 0 saturated carbocycles. The zero-order valence-electron chi connectivity index (χ0n) is 13.1. The minimum absolute atomic E-state index is 0.537. The summed E-state index contributed by atoms with van der Waals surface area (Å²) in [6, 6.07) is 22.1. The summed E-state index contributed by atoms with van der Waals surface area (Å²) in [5.41, 5.74) is 3.92. The van der Waals surface area contributed by atoms with Gasteiger partial charge in [-0.15, -0.1) is 0 Å². The molecule has 4 heteroatoms.